The van der Waals surface area contributed by atoms with Crippen LogP contribution >= 0.6 is 0 Å². The van der Waals surface area contributed by atoms with Crippen molar-refractivity contribution in [3.8, 4) is 0 Å². The van der Waals surface area contributed by atoms with Gasteiger partial charge in [0.2, 0.25) is 5.91 Å². The summed E-state index contributed by atoms with van der Waals surface area (Å²) in [6.07, 6.45) is 6.37. The van der Waals surface area contributed by atoms with Gasteiger partial charge in [-0.2, -0.15) is 0 Å². The van der Waals surface area contributed by atoms with E-state index in [0.717, 1.165) is 32.2 Å². The summed E-state index contributed by atoms with van der Waals surface area (Å²) in [7, 11) is 0. The topological polar surface area (TPSA) is 63.4 Å². The van der Waals surface area contributed by atoms with Crippen molar-refractivity contribution in [2.45, 2.75) is 38.5 Å². The van der Waals surface area contributed by atoms with Gasteiger partial charge in [-0.25, -0.2) is 0 Å². The number of hydrogen-bond acceptors (Lipinski definition) is 3. The summed E-state index contributed by atoms with van der Waals surface area (Å²) in [6, 6.07) is 0. The molecule has 1 heterocycles. The summed E-state index contributed by atoms with van der Waals surface area (Å²) in [5, 5.41) is 0. The lowest BCUT2D eigenvalue weighted by atomic mass is 9.96. The van der Waals surface area contributed by atoms with Gasteiger partial charge in [0, 0.05) is 12.5 Å². The van der Waals surface area contributed by atoms with Gasteiger partial charge in [0.25, 0.3) is 0 Å². The number of hydrogen-bond donors (Lipinski definition) is 1. The number of piperidine rings is 1. The molecule has 17 heavy (non-hydrogen) atoms. The Kier molecular flexibility index (Phi) is 4.15. The third kappa shape index (κ3) is 3.28. The lowest BCUT2D eigenvalue weighted by molar-refractivity contribution is -0.127. The number of nitrogens with zero attached hydrogens (tertiary/aromatic N) is 1. The highest BCUT2D eigenvalue weighted by Gasteiger charge is 2.28. The van der Waals surface area contributed by atoms with Gasteiger partial charge in [0.05, 0.1) is 12.5 Å². The maximum absolute atomic E-state index is 12.0. The zero-order chi connectivity index (χ0) is 12.3. The van der Waals surface area contributed by atoms with Gasteiger partial charge in [-0.1, -0.05) is 12.8 Å². The molecular formula is C13H22N2O2. The van der Waals surface area contributed by atoms with Gasteiger partial charge in [-0.05, 0) is 32.2 Å². The maximum atomic E-state index is 12.0. The molecule has 1 aliphatic heterocycles. The molecule has 1 aliphatic carbocycles. The minimum absolute atomic E-state index is 0.0554. The molecule has 2 aliphatic rings. The zero-order valence-electron chi connectivity index (χ0n) is 10.4. The molecule has 0 aromatic carbocycles. The van der Waals surface area contributed by atoms with Crippen LogP contribution in [0.2, 0.25) is 0 Å². The molecule has 1 atom stereocenters. The Hall–Kier alpha value is -0.900. The van der Waals surface area contributed by atoms with Crippen molar-refractivity contribution >= 4 is 11.7 Å². The van der Waals surface area contributed by atoms with Crippen molar-refractivity contribution in [1.29, 1.82) is 0 Å². The van der Waals surface area contributed by atoms with Crippen molar-refractivity contribution in [2.24, 2.45) is 17.6 Å². The van der Waals surface area contributed by atoms with Crippen LogP contribution in [-0.2, 0) is 9.59 Å². The number of nitrogens with two attached hydrogens (primary N) is 1. The van der Waals surface area contributed by atoms with Gasteiger partial charge in [-0.3, -0.25) is 14.5 Å². The van der Waals surface area contributed by atoms with Crippen molar-refractivity contribution in [3.05, 3.63) is 0 Å². The summed E-state index contributed by atoms with van der Waals surface area (Å²) >= 11 is 0. The first-order valence-corrected chi connectivity index (χ1v) is 6.71. The van der Waals surface area contributed by atoms with E-state index >= 15 is 0 Å². The number of carbonyl (C=O) groups is 2. The van der Waals surface area contributed by atoms with E-state index in [2.05, 4.69) is 4.90 Å². The van der Waals surface area contributed by atoms with E-state index in [9.17, 15) is 9.59 Å². The van der Waals surface area contributed by atoms with Gasteiger partial charge in [0.1, 0.15) is 5.78 Å². The largest absolute Gasteiger partial charge is 0.369 e. The number of amides is 1. The zero-order valence-corrected chi connectivity index (χ0v) is 10.4. The highest BCUT2D eigenvalue weighted by atomic mass is 16.1. The Labute approximate surface area is 103 Å². The van der Waals surface area contributed by atoms with E-state index in [4.69, 9.17) is 5.73 Å². The summed E-state index contributed by atoms with van der Waals surface area (Å²) < 4.78 is 0. The molecule has 1 amide bonds. The van der Waals surface area contributed by atoms with E-state index in [0.29, 0.717) is 18.9 Å². The monoisotopic (exact) mass is 238 g/mol. The first-order chi connectivity index (χ1) is 8.16. The number of ketones is 1. The maximum Gasteiger partial charge on any atom is 0.221 e. The van der Waals surface area contributed by atoms with Gasteiger partial charge in [-0.15, -0.1) is 0 Å². The van der Waals surface area contributed by atoms with Crippen molar-refractivity contribution in [2.75, 3.05) is 19.6 Å². The third-order valence-corrected chi connectivity index (χ3v) is 4.10. The molecule has 96 valence electrons. The molecule has 4 nitrogen and oxygen atoms in total. The average molecular weight is 238 g/mol. The van der Waals surface area contributed by atoms with Crippen LogP contribution in [0, 0.1) is 11.8 Å². The second kappa shape index (κ2) is 5.63. The highest BCUT2D eigenvalue weighted by molar-refractivity contribution is 5.83. The van der Waals surface area contributed by atoms with E-state index < -0.39 is 0 Å². The minimum Gasteiger partial charge on any atom is -0.369 e. The molecule has 0 aromatic rings. The lowest BCUT2D eigenvalue weighted by Gasteiger charge is -2.31. The normalized spacial score (nSPS) is 27.2. The van der Waals surface area contributed by atoms with Gasteiger partial charge >= 0.3 is 0 Å². The molecule has 0 aromatic heterocycles. The molecule has 1 saturated heterocycles. The fraction of sp³-hybridized carbons (Fsp3) is 0.846. The van der Waals surface area contributed by atoms with E-state index in [1.54, 1.807) is 0 Å². The van der Waals surface area contributed by atoms with Crippen molar-refractivity contribution in [1.82, 2.24) is 4.90 Å². The molecule has 0 radical (unpaired) electrons. The predicted octanol–water partition coefficient (Wildman–Crippen LogP) is 0.943. The molecule has 1 saturated carbocycles. The van der Waals surface area contributed by atoms with Gasteiger partial charge < -0.3 is 5.73 Å². The summed E-state index contributed by atoms with van der Waals surface area (Å²) in [4.78, 5) is 25.3. The summed E-state index contributed by atoms with van der Waals surface area (Å²) in [6.45, 7) is 2.13. The molecule has 2 fully saturated rings. The average Bonchev–Trinajstić information content (AvgIpc) is 2.82. The second-order valence-corrected chi connectivity index (χ2v) is 5.42. The Balaban J connectivity index is 1.81. The molecular weight excluding hydrogens is 216 g/mol. The fourth-order valence-electron chi connectivity index (χ4n) is 3.03. The molecule has 4 heteroatoms. The number of primary amides is 1. The van der Waals surface area contributed by atoms with E-state index in [-0.39, 0.29) is 17.7 Å². The summed E-state index contributed by atoms with van der Waals surface area (Å²) in [5.74, 6) is 0.375. The summed E-state index contributed by atoms with van der Waals surface area (Å²) in [5.41, 5.74) is 5.33. The minimum atomic E-state index is -0.219. The van der Waals surface area contributed by atoms with Crippen LogP contribution in [0.25, 0.3) is 0 Å². The SMILES string of the molecule is NC(=O)C1CCCN(CC(=O)C2CCCC2)C1. The smallest absolute Gasteiger partial charge is 0.221 e. The van der Waals surface area contributed by atoms with Crippen molar-refractivity contribution in [3.63, 3.8) is 0 Å². The number of likely N-dealkylation sites (tertiary alicyclic amines) is 1. The lowest BCUT2D eigenvalue weighted by Crippen LogP contribution is -2.44. The fourth-order valence-corrected chi connectivity index (χ4v) is 3.03. The Morgan fingerprint density at radius 2 is 1.71 bits per heavy atom. The van der Waals surface area contributed by atoms with Crippen molar-refractivity contribution < 1.29 is 9.59 Å². The first-order valence-electron chi connectivity index (χ1n) is 6.71. The Morgan fingerprint density at radius 1 is 1.06 bits per heavy atom. The molecule has 2 rings (SSSR count). The van der Waals surface area contributed by atoms with Crippen LogP contribution < -0.4 is 5.73 Å². The Bertz CT molecular complexity index is 298. The van der Waals surface area contributed by atoms with Gasteiger partial charge in [0.15, 0.2) is 0 Å². The molecule has 0 bridgehead atoms. The van der Waals surface area contributed by atoms with Crippen LogP contribution in [0.5, 0.6) is 0 Å². The predicted molar refractivity (Wildman–Crippen MR) is 65.3 cm³/mol. The standard InChI is InChI=1S/C13H22N2O2/c14-13(17)11-6-3-7-15(8-11)9-12(16)10-4-1-2-5-10/h10-11H,1-9H2,(H2,14,17). The van der Waals surface area contributed by atoms with Crippen LogP contribution in [0.3, 0.4) is 0 Å². The van der Waals surface area contributed by atoms with E-state index in [1.807, 2.05) is 0 Å². The Morgan fingerprint density at radius 3 is 2.35 bits per heavy atom. The van der Waals surface area contributed by atoms with Crippen LogP contribution in [0.15, 0.2) is 0 Å². The molecule has 2 N–H and O–H groups in total. The second-order valence-electron chi connectivity index (χ2n) is 5.42. The first kappa shape index (κ1) is 12.6. The van der Waals surface area contributed by atoms with Crippen LogP contribution in [0.4, 0.5) is 0 Å². The number of Topliss-reactive ketones (excluding diaryl/α,β-unsaturated/α-hetero) is 1. The number of rotatable bonds is 4. The third-order valence-electron chi connectivity index (χ3n) is 4.10. The number of carbonyl (C=O) groups excluding carboxylic acids is 2. The highest BCUT2D eigenvalue weighted by Crippen LogP contribution is 2.26. The van der Waals surface area contributed by atoms with E-state index in [1.165, 1.54) is 12.8 Å². The van der Waals surface area contributed by atoms with Crippen LogP contribution in [0.1, 0.15) is 38.5 Å². The van der Waals surface area contributed by atoms with Crippen LogP contribution in [-0.4, -0.2) is 36.2 Å². The molecule has 1 unspecified atom stereocenters. The molecule has 0 spiro atoms. The quantitative estimate of drug-likeness (QED) is 0.793.